The van der Waals surface area contributed by atoms with E-state index in [2.05, 4.69) is 5.32 Å². The molecular formula is C14H19F3N2OS. The maximum Gasteiger partial charge on any atom is 0.390 e. The number of nitrogens with one attached hydrogen (secondary N) is 1. The molecule has 1 aromatic rings. The normalized spacial score (nSPS) is 24.6. The third-order valence-electron chi connectivity index (χ3n) is 3.86. The van der Waals surface area contributed by atoms with Gasteiger partial charge in [0.25, 0.3) is 0 Å². The molecule has 7 heteroatoms. The Morgan fingerprint density at radius 3 is 2.71 bits per heavy atom. The first-order chi connectivity index (χ1) is 9.83. The van der Waals surface area contributed by atoms with Gasteiger partial charge in [-0.15, -0.1) is 11.3 Å². The van der Waals surface area contributed by atoms with Crippen molar-refractivity contribution in [1.29, 1.82) is 0 Å². The van der Waals surface area contributed by atoms with Gasteiger partial charge in [-0.1, -0.05) is 26.3 Å². The Morgan fingerprint density at radius 2 is 2.19 bits per heavy atom. The summed E-state index contributed by atoms with van der Waals surface area (Å²) >= 11 is 1.44. The molecule has 3 atom stereocenters. The minimum Gasteiger partial charge on any atom is -0.320 e. The number of rotatable bonds is 5. The average Bonchev–Trinajstić information content (AvgIpc) is 3.02. The van der Waals surface area contributed by atoms with Crippen LogP contribution in [0.2, 0.25) is 0 Å². The molecule has 1 aliphatic rings. The standard InChI is InChI=1S/C14H19F3N2OS/c1-3-9(2)11-13(20)19(7-6-14(15,16)17)12(18-11)10-5-4-8-21-10/h4-5,8-9,11-12,18H,3,6-7H2,1-2H3. The second kappa shape index (κ2) is 6.36. The van der Waals surface area contributed by atoms with Crippen LogP contribution in [0.3, 0.4) is 0 Å². The number of halogens is 3. The smallest absolute Gasteiger partial charge is 0.320 e. The van der Waals surface area contributed by atoms with Gasteiger partial charge in [0, 0.05) is 11.4 Å². The zero-order chi connectivity index (χ0) is 15.6. The van der Waals surface area contributed by atoms with Gasteiger partial charge in [0.15, 0.2) is 0 Å². The number of thiophene rings is 1. The second-order valence-corrected chi connectivity index (χ2v) is 6.32. The van der Waals surface area contributed by atoms with E-state index in [1.165, 1.54) is 16.2 Å². The Kier molecular flexibility index (Phi) is 4.93. The fourth-order valence-corrected chi connectivity index (χ4v) is 3.25. The molecule has 2 rings (SSSR count). The number of carbonyl (C=O) groups is 1. The Labute approximate surface area is 126 Å². The minimum absolute atomic E-state index is 0.0934. The molecule has 0 bridgehead atoms. The summed E-state index contributed by atoms with van der Waals surface area (Å²) in [5.74, 6) is -0.136. The summed E-state index contributed by atoms with van der Waals surface area (Å²) in [5.41, 5.74) is 0. The van der Waals surface area contributed by atoms with Crippen molar-refractivity contribution < 1.29 is 18.0 Å². The number of alkyl halides is 3. The van der Waals surface area contributed by atoms with E-state index >= 15 is 0 Å². The van der Waals surface area contributed by atoms with Gasteiger partial charge < -0.3 is 4.90 Å². The zero-order valence-electron chi connectivity index (χ0n) is 12.0. The number of carbonyl (C=O) groups excluding carboxylic acids is 1. The van der Waals surface area contributed by atoms with Crippen LogP contribution in [0, 0.1) is 5.92 Å². The Bertz CT molecular complexity index is 475. The molecule has 1 aliphatic heterocycles. The molecule has 3 nitrogen and oxygen atoms in total. The van der Waals surface area contributed by atoms with E-state index in [0.717, 1.165) is 11.3 Å². The van der Waals surface area contributed by atoms with Gasteiger partial charge in [-0.25, -0.2) is 0 Å². The first kappa shape index (κ1) is 16.3. The van der Waals surface area contributed by atoms with Gasteiger partial charge >= 0.3 is 6.18 Å². The van der Waals surface area contributed by atoms with Gasteiger partial charge in [-0.05, 0) is 17.4 Å². The Hall–Kier alpha value is -1.08. The molecule has 3 unspecified atom stereocenters. The molecule has 0 spiro atoms. The first-order valence-corrected chi connectivity index (χ1v) is 7.88. The van der Waals surface area contributed by atoms with Crippen LogP contribution in [0.4, 0.5) is 13.2 Å². The summed E-state index contributed by atoms with van der Waals surface area (Å²) in [4.78, 5) is 14.6. The summed E-state index contributed by atoms with van der Waals surface area (Å²) in [6.07, 6.45) is -4.88. The van der Waals surface area contributed by atoms with Crippen LogP contribution in [-0.2, 0) is 4.79 Å². The largest absolute Gasteiger partial charge is 0.390 e. The highest BCUT2D eigenvalue weighted by Crippen LogP contribution is 2.33. The molecule has 1 amide bonds. The van der Waals surface area contributed by atoms with Gasteiger partial charge in [0.05, 0.1) is 12.5 Å². The number of hydrogen-bond donors (Lipinski definition) is 1. The van der Waals surface area contributed by atoms with E-state index in [-0.39, 0.29) is 18.4 Å². The summed E-state index contributed by atoms with van der Waals surface area (Å²) in [6.45, 7) is 3.61. The topological polar surface area (TPSA) is 32.3 Å². The minimum atomic E-state index is -4.26. The molecule has 0 aliphatic carbocycles. The van der Waals surface area contributed by atoms with E-state index in [1.54, 1.807) is 0 Å². The van der Waals surface area contributed by atoms with Crippen molar-refractivity contribution >= 4 is 17.2 Å². The van der Waals surface area contributed by atoms with E-state index in [0.29, 0.717) is 0 Å². The van der Waals surface area contributed by atoms with E-state index in [4.69, 9.17) is 0 Å². The molecule has 1 aromatic heterocycles. The fraction of sp³-hybridized carbons (Fsp3) is 0.643. The van der Waals surface area contributed by atoms with Gasteiger partial charge in [0.2, 0.25) is 5.91 Å². The Balaban J connectivity index is 2.18. The van der Waals surface area contributed by atoms with Crippen LogP contribution < -0.4 is 5.32 Å². The summed E-state index contributed by atoms with van der Waals surface area (Å²) in [5, 5.41) is 5.06. The summed E-state index contributed by atoms with van der Waals surface area (Å²) in [7, 11) is 0. The average molecular weight is 320 g/mol. The van der Waals surface area contributed by atoms with Crippen LogP contribution in [0.25, 0.3) is 0 Å². The van der Waals surface area contributed by atoms with Crippen LogP contribution in [-0.4, -0.2) is 29.6 Å². The monoisotopic (exact) mass is 320 g/mol. The lowest BCUT2D eigenvalue weighted by Crippen LogP contribution is -2.36. The predicted molar refractivity (Wildman–Crippen MR) is 75.8 cm³/mol. The van der Waals surface area contributed by atoms with Crippen molar-refractivity contribution in [3.63, 3.8) is 0 Å². The maximum absolute atomic E-state index is 12.5. The van der Waals surface area contributed by atoms with Crippen LogP contribution in [0.5, 0.6) is 0 Å². The lowest BCUT2D eigenvalue weighted by molar-refractivity contribution is -0.145. The molecule has 21 heavy (non-hydrogen) atoms. The SMILES string of the molecule is CCC(C)C1NC(c2cccs2)N(CCC(F)(F)F)C1=O. The van der Waals surface area contributed by atoms with Crippen LogP contribution in [0.15, 0.2) is 17.5 Å². The Morgan fingerprint density at radius 1 is 1.48 bits per heavy atom. The van der Waals surface area contributed by atoms with Gasteiger partial charge in [0.1, 0.15) is 6.17 Å². The van der Waals surface area contributed by atoms with Crippen LogP contribution >= 0.6 is 11.3 Å². The van der Waals surface area contributed by atoms with E-state index in [9.17, 15) is 18.0 Å². The summed E-state index contributed by atoms with van der Waals surface area (Å²) < 4.78 is 37.4. The van der Waals surface area contributed by atoms with E-state index < -0.39 is 24.8 Å². The molecule has 0 saturated carbocycles. The third-order valence-corrected chi connectivity index (χ3v) is 4.78. The van der Waals surface area contributed by atoms with Crippen molar-refractivity contribution in [2.75, 3.05) is 6.54 Å². The molecule has 2 heterocycles. The van der Waals surface area contributed by atoms with Crippen LogP contribution in [0.1, 0.15) is 37.7 Å². The molecule has 0 radical (unpaired) electrons. The zero-order valence-corrected chi connectivity index (χ0v) is 12.8. The highest BCUT2D eigenvalue weighted by molar-refractivity contribution is 7.10. The summed E-state index contributed by atoms with van der Waals surface area (Å²) in [6, 6.07) is 3.27. The highest BCUT2D eigenvalue weighted by atomic mass is 32.1. The second-order valence-electron chi connectivity index (χ2n) is 5.34. The first-order valence-electron chi connectivity index (χ1n) is 7.00. The highest BCUT2D eigenvalue weighted by Gasteiger charge is 2.43. The predicted octanol–water partition coefficient (Wildman–Crippen LogP) is 3.55. The number of amides is 1. The third kappa shape index (κ3) is 3.77. The van der Waals surface area contributed by atoms with Crippen molar-refractivity contribution in [2.24, 2.45) is 5.92 Å². The molecular weight excluding hydrogens is 301 g/mol. The van der Waals surface area contributed by atoms with Crippen molar-refractivity contribution in [1.82, 2.24) is 10.2 Å². The van der Waals surface area contributed by atoms with Crippen molar-refractivity contribution in [3.05, 3.63) is 22.4 Å². The maximum atomic E-state index is 12.5. The number of nitrogens with zero attached hydrogens (tertiary/aromatic N) is 1. The molecule has 1 saturated heterocycles. The molecule has 1 N–H and O–H groups in total. The quantitative estimate of drug-likeness (QED) is 0.900. The lowest BCUT2D eigenvalue weighted by Gasteiger charge is -2.23. The fourth-order valence-electron chi connectivity index (χ4n) is 2.45. The molecule has 1 fully saturated rings. The number of hydrogen-bond acceptors (Lipinski definition) is 3. The van der Waals surface area contributed by atoms with Gasteiger partial charge in [-0.2, -0.15) is 13.2 Å². The van der Waals surface area contributed by atoms with Crippen molar-refractivity contribution in [2.45, 2.75) is 45.1 Å². The molecule has 0 aromatic carbocycles. The van der Waals surface area contributed by atoms with E-state index in [1.807, 2.05) is 31.4 Å². The lowest BCUT2D eigenvalue weighted by atomic mass is 9.99. The molecule has 118 valence electrons. The van der Waals surface area contributed by atoms with Gasteiger partial charge in [-0.3, -0.25) is 10.1 Å². The van der Waals surface area contributed by atoms with Crippen molar-refractivity contribution in [3.8, 4) is 0 Å².